The third kappa shape index (κ3) is 4.19. The number of rotatable bonds is 7. The molecule has 0 unspecified atom stereocenters. The van der Waals surface area contributed by atoms with Crippen molar-refractivity contribution in [3.05, 3.63) is 58.2 Å². The number of carbonyl (C=O) groups excluding carboxylic acids is 2. The molecule has 2 rings (SSSR count). The van der Waals surface area contributed by atoms with E-state index in [9.17, 15) is 14.0 Å². The fourth-order valence-electron chi connectivity index (χ4n) is 2.93. The minimum absolute atomic E-state index is 0.106. The third-order valence-corrected chi connectivity index (χ3v) is 4.55. The normalized spacial score (nSPS) is 12.3. The predicted molar refractivity (Wildman–Crippen MR) is 97.9 cm³/mol. The number of nitrogens with one attached hydrogen (secondary N) is 1. The molecule has 0 aliphatic carbocycles. The number of carbonyl (C=O) groups is 2. The number of benzene rings is 1. The van der Waals surface area contributed by atoms with Gasteiger partial charge >= 0.3 is 5.97 Å². The van der Waals surface area contributed by atoms with Gasteiger partial charge in [-0.3, -0.25) is 9.69 Å². The maximum absolute atomic E-state index is 13.0. The number of halogens is 1. The molecule has 1 aromatic carbocycles. The van der Waals surface area contributed by atoms with Crippen molar-refractivity contribution in [2.45, 2.75) is 40.3 Å². The Morgan fingerprint density at radius 2 is 1.85 bits per heavy atom. The Morgan fingerprint density at radius 1 is 1.23 bits per heavy atom. The molecule has 1 heterocycles. The van der Waals surface area contributed by atoms with E-state index >= 15 is 0 Å². The highest BCUT2D eigenvalue weighted by molar-refractivity contribution is 6.03. The zero-order chi connectivity index (χ0) is 19.4. The van der Waals surface area contributed by atoms with Crippen LogP contribution >= 0.6 is 0 Å². The number of nitrogens with zero attached hydrogens (tertiary/aromatic N) is 1. The van der Waals surface area contributed by atoms with E-state index in [4.69, 9.17) is 4.74 Å². The van der Waals surface area contributed by atoms with E-state index in [1.165, 1.54) is 12.1 Å². The van der Waals surface area contributed by atoms with E-state index < -0.39 is 12.0 Å². The summed E-state index contributed by atoms with van der Waals surface area (Å²) in [6, 6.07) is 5.80. The van der Waals surface area contributed by atoms with Crippen LogP contribution in [0.25, 0.3) is 0 Å². The second-order valence-electron chi connectivity index (χ2n) is 6.43. The summed E-state index contributed by atoms with van der Waals surface area (Å²) in [6.45, 7) is 7.84. The first-order chi connectivity index (χ1) is 12.3. The highest BCUT2D eigenvalue weighted by Gasteiger charge is 2.27. The molecule has 0 amide bonds. The summed E-state index contributed by atoms with van der Waals surface area (Å²) in [5.41, 5.74) is 2.98. The monoisotopic (exact) mass is 360 g/mol. The average molecular weight is 360 g/mol. The number of ketones is 1. The largest absolute Gasteiger partial charge is 0.462 e. The van der Waals surface area contributed by atoms with Gasteiger partial charge in [0.2, 0.25) is 0 Å². The molecule has 140 valence electrons. The second-order valence-corrected chi connectivity index (χ2v) is 6.43. The molecule has 0 saturated heterocycles. The third-order valence-electron chi connectivity index (χ3n) is 4.55. The van der Waals surface area contributed by atoms with Crippen molar-refractivity contribution < 1.29 is 18.7 Å². The summed E-state index contributed by atoms with van der Waals surface area (Å²) in [4.78, 5) is 29.9. The Bertz CT molecular complexity index is 796. The molecule has 1 aromatic heterocycles. The molecule has 0 aliphatic rings. The van der Waals surface area contributed by atoms with E-state index in [2.05, 4.69) is 4.98 Å². The molecule has 0 spiro atoms. The minimum Gasteiger partial charge on any atom is -0.462 e. The first-order valence-electron chi connectivity index (χ1n) is 8.61. The molecule has 0 bridgehead atoms. The minimum atomic E-state index is -0.426. The van der Waals surface area contributed by atoms with Gasteiger partial charge in [-0.1, -0.05) is 12.1 Å². The van der Waals surface area contributed by atoms with Crippen LogP contribution in [0.5, 0.6) is 0 Å². The highest BCUT2D eigenvalue weighted by atomic mass is 19.1. The molecule has 1 N–H and O–H groups in total. The Morgan fingerprint density at radius 3 is 2.42 bits per heavy atom. The zero-order valence-corrected chi connectivity index (χ0v) is 15.9. The molecule has 26 heavy (non-hydrogen) atoms. The Labute approximate surface area is 153 Å². The Hall–Kier alpha value is -2.47. The van der Waals surface area contributed by atoms with Crippen LogP contribution in [0, 0.1) is 19.7 Å². The fraction of sp³-hybridized carbons (Fsp3) is 0.400. The SMILES string of the molecule is CCOC(=O)c1c(C)[nH]c(C(=O)[C@H](C)N(C)Cc2ccc(F)cc2)c1C. The van der Waals surface area contributed by atoms with Gasteiger partial charge in [-0.2, -0.15) is 0 Å². The number of aromatic nitrogens is 1. The maximum atomic E-state index is 13.0. The van der Waals surface area contributed by atoms with Crippen molar-refractivity contribution in [3.8, 4) is 0 Å². The van der Waals surface area contributed by atoms with E-state index in [0.717, 1.165) is 5.56 Å². The van der Waals surface area contributed by atoms with Crippen molar-refractivity contribution in [2.24, 2.45) is 0 Å². The van der Waals surface area contributed by atoms with Crippen molar-refractivity contribution in [3.63, 3.8) is 0 Å². The summed E-state index contributed by atoms with van der Waals surface area (Å²) in [7, 11) is 1.84. The molecule has 5 nitrogen and oxygen atoms in total. The van der Waals surface area contributed by atoms with Gasteiger partial charge in [0.1, 0.15) is 5.82 Å². The van der Waals surface area contributed by atoms with Crippen LogP contribution in [0.15, 0.2) is 24.3 Å². The molecule has 0 radical (unpaired) electrons. The zero-order valence-electron chi connectivity index (χ0n) is 15.9. The smallest absolute Gasteiger partial charge is 0.340 e. The van der Waals surface area contributed by atoms with Crippen LogP contribution in [0.1, 0.15) is 51.5 Å². The summed E-state index contributed by atoms with van der Waals surface area (Å²) < 4.78 is 18.1. The first-order valence-corrected chi connectivity index (χ1v) is 8.61. The van der Waals surface area contributed by atoms with Gasteiger partial charge in [-0.05, 0) is 58.0 Å². The topological polar surface area (TPSA) is 62.4 Å². The molecule has 0 aliphatic heterocycles. The van der Waals surface area contributed by atoms with Crippen LogP contribution in [-0.2, 0) is 11.3 Å². The molecule has 0 saturated carbocycles. The summed E-state index contributed by atoms with van der Waals surface area (Å²) in [6.07, 6.45) is 0. The van der Waals surface area contributed by atoms with Gasteiger partial charge in [0.15, 0.2) is 5.78 Å². The quantitative estimate of drug-likeness (QED) is 0.605. The number of hydrogen-bond acceptors (Lipinski definition) is 4. The number of esters is 1. The number of likely N-dealkylation sites (N-methyl/N-ethyl adjacent to an activating group) is 1. The number of aromatic amines is 1. The summed E-state index contributed by atoms with van der Waals surface area (Å²) in [5.74, 6) is -0.819. The molecular formula is C20H25FN2O3. The lowest BCUT2D eigenvalue weighted by Crippen LogP contribution is -2.36. The fourth-order valence-corrected chi connectivity index (χ4v) is 2.93. The molecule has 6 heteroatoms. The van der Waals surface area contributed by atoms with Gasteiger partial charge in [-0.15, -0.1) is 0 Å². The van der Waals surface area contributed by atoms with Gasteiger partial charge in [0, 0.05) is 12.2 Å². The lowest BCUT2D eigenvalue weighted by atomic mass is 10.0. The van der Waals surface area contributed by atoms with Gasteiger partial charge in [-0.25, -0.2) is 9.18 Å². The molecule has 2 aromatic rings. The summed E-state index contributed by atoms with van der Waals surface area (Å²) in [5, 5.41) is 0. The second kappa shape index (κ2) is 8.27. The van der Waals surface area contributed by atoms with E-state index in [-0.39, 0.29) is 18.2 Å². The number of hydrogen-bond donors (Lipinski definition) is 1. The van der Waals surface area contributed by atoms with Gasteiger partial charge < -0.3 is 9.72 Å². The average Bonchev–Trinajstić information content (AvgIpc) is 2.90. The lowest BCUT2D eigenvalue weighted by molar-refractivity contribution is 0.0525. The standard InChI is InChI=1S/C20H25FN2O3/c1-6-26-20(25)17-12(2)18(22-13(17)3)19(24)14(4)23(5)11-15-7-9-16(21)10-8-15/h7-10,14,22H,6,11H2,1-5H3/t14-/m0/s1. The Kier molecular flexibility index (Phi) is 6.32. The van der Waals surface area contributed by atoms with Gasteiger partial charge in [0.05, 0.1) is 23.9 Å². The van der Waals surface area contributed by atoms with Crippen LogP contribution in [-0.4, -0.2) is 41.3 Å². The molecule has 0 fully saturated rings. The van der Waals surface area contributed by atoms with E-state index in [1.807, 2.05) is 18.9 Å². The van der Waals surface area contributed by atoms with Gasteiger partial charge in [0.25, 0.3) is 0 Å². The summed E-state index contributed by atoms with van der Waals surface area (Å²) >= 11 is 0. The number of ether oxygens (including phenoxy) is 1. The first kappa shape index (κ1) is 19.8. The van der Waals surface area contributed by atoms with E-state index in [1.54, 1.807) is 32.9 Å². The Balaban J connectivity index is 2.18. The van der Waals surface area contributed by atoms with Crippen LogP contribution in [0.3, 0.4) is 0 Å². The maximum Gasteiger partial charge on any atom is 0.340 e. The number of H-pyrrole nitrogens is 1. The van der Waals surface area contributed by atoms with Crippen molar-refractivity contribution in [1.29, 1.82) is 0 Å². The van der Waals surface area contributed by atoms with Crippen LogP contribution in [0.4, 0.5) is 4.39 Å². The lowest BCUT2D eigenvalue weighted by Gasteiger charge is -2.23. The predicted octanol–water partition coefficient (Wildman–Crippen LogP) is 3.65. The van der Waals surface area contributed by atoms with Crippen LogP contribution in [0.2, 0.25) is 0 Å². The van der Waals surface area contributed by atoms with E-state index in [0.29, 0.717) is 29.1 Å². The number of Topliss-reactive ketones (excluding diaryl/α,β-unsaturated/α-hetero) is 1. The number of aryl methyl sites for hydroxylation is 1. The van der Waals surface area contributed by atoms with Crippen LogP contribution < -0.4 is 0 Å². The molecular weight excluding hydrogens is 335 g/mol. The van der Waals surface area contributed by atoms with Crippen molar-refractivity contribution in [2.75, 3.05) is 13.7 Å². The molecule has 1 atom stereocenters. The van der Waals surface area contributed by atoms with Crippen molar-refractivity contribution in [1.82, 2.24) is 9.88 Å². The van der Waals surface area contributed by atoms with Crippen molar-refractivity contribution >= 4 is 11.8 Å². The highest BCUT2D eigenvalue weighted by Crippen LogP contribution is 2.21.